The van der Waals surface area contributed by atoms with E-state index in [4.69, 9.17) is 34.9 Å². The Balaban J connectivity index is 0.00000769. The third kappa shape index (κ3) is 12.0. The van der Waals surface area contributed by atoms with Crippen molar-refractivity contribution < 1.29 is 20.1 Å². The molecule has 83 heavy (non-hydrogen) atoms. The molecule has 0 aliphatic carbocycles. The van der Waals surface area contributed by atoms with Crippen LogP contribution < -0.4 is 0 Å². The Bertz CT molecular complexity index is 3810. The second kappa shape index (κ2) is 25.4. The van der Waals surface area contributed by atoms with Gasteiger partial charge in [0.05, 0.1) is 0 Å². The monoisotopic (exact) mass is 1260 g/mol. The van der Waals surface area contributed by atoms with Crippen LogP contribution in [0.3, 0.4) is 0 Å². The van der Waals surface area contributed by atoms with Crippen LogP contribution in [0, 0.1) is 19.9 Å². The predicted molar refractivity (Wildman–Crippen MR) is 339 cm³/mol. The molecule has 0 aliphatic rings. The number of benzene rings is 8. The second-order valence-corrected chi connectivity index (χ2v) is 21.8. The standard InChI is InChI=1S/C75H70N7.Ir/c1-9-74(10-2,11-3)61-39-33-56(34-40-61)71-80-72(57-35-41-62(42-36-57)75(12-4,13-5)14-6)82-73(81-71)59-38-44-67(76-49-59)58-37-43-65(64-28-22-21-27-63(64)60-46-50(7)45-51(8)47-60)66(48-58)52-29-31-55(32-30-52)70-78-68(53-23-17-15-18-24-53)77-69(79-70)54-25-19-16-20-26-54;/h15-36,38-49H,9-14H2,1-8H3;/q-1;. The zero-order valence-corrected chi connectivity index (χ0v) is 51.2. The van der Waals surface area contributed by atoms with Crippen molar-refractivity contribution in [2.45, 2.75) is 105 Å². The van der Waals surface area contributed by atoms with E-state index < -0.39 is 0 Å². The van der Waals surface area contributed by atoms with E-state index in [1.807, 2.05) is 66.9 Å². The van der Waals surface area contributed by atoms with Gasteiger partial charge in [0.15, 0.2) is 34.9 Å². The fourth-order valence-electron chi connectivity index (χ4n) is 12.1. The summed E-state index contributed by atoms with van der Waals surface area (Å²) in [5.74, 6) is 3.67. The molecule has 8 aromatic carbocycles. The third-order valence-electron chi connectivity index (χ3n) is 17.4. The van der Waals surface area contributed by atoms with Crippen LogP contribution in [0.4, 0.5) is 0 Å². The molecular formula is C75H70IrN7-. The smallest absolute Gasteiger partial charge is 0.165 e. The minimum Gasteiger partial charge on any atom is -0.304 e. The van der Waals surface area contributed by atoms with Gasteiger partial charge in [-0.3, -0.25) is 0 Å². The van der Waals surface area contributed by atoms with Crippen molar-refractivity contribution in [1.29, 1.82) is 0 Å². The van der Waals surface area contributed by atoms with Gasteiger partial charge in [-0.25, -0.2) is 29.9 Å². The van der Waals surface area contributed by atoms with Gasteiger partial charge in [0.1, 0.15) is 0 Å². The van der Waals surface area contributed by atoms with Gasteiger partial charge in [0, 0.05) is 59.7 Å². The Morgan fingerprint density at radius 2 is 0.687 bits per heavy atom. The average Bonchev–Trinajstić information content (AvgIpc) is 3.54. The zero-order valence-electron chi connectivity index (χ0n) is 48.8. The van der Waals surface area contributed by atoms with Crippen molar-refractivity contribution >= 4 is 0 Å². The van der Waals surface area contributed by atoms with E-state index in [0.717, 1.165) is 111 Å². The molecule has 8 heteroatoms. The molecule has 11 rings (SSSR count). The zero-order chi connectivity index (χ0) is 56.8. The number of hydrogen-bond donors (Lipinski definition) is 0. The molecular weight excluding hydrogens is 1190 g/mol. The molecule has 0 unspecified atom stereocenters. The van der Waals surface area contributed by atoms with E-state index in [1.165, 1.54) is 27.8 Å². The van der Waals surface area contributed by atoms with Crippen molar-refractivity contribution in [3.8, 4) is 113 Å². The molecule has 415 valence electrons. The number of aromatic nitrogens is 7. The van der Waals surface area contributed by atoms with Crippen molar-refractivity contribution in [2.24, 2.45) is 0 Å². The molecule has 0 saturated heterocycles. The molecule has 3 aromatic heterocycles. The van der Waals surface area contributed by atoms with Crippen LogP contribution in [0.2, 0.25) is 0 Å². The van der Waals surface area contributed by atoms with Crippen LogP contribution in [0.5, 0.6) is 0 Å². The molecule has 0 N–H and O–H groups in total. The fourth-order valence-corrected chi connectivity index (χ4v) is 12.1. The van der Waals surface area contributed by atoms with E-state index in [1.54, 1.807) is 0 Å². The van der Waals surface area contributed by atoms with Crippen molar-refractivity contribution in [3.05, 3.63) is 235 Å². The normalized spacial score (nSPS) is 11.6. The Kier molecular flexibility index (Phi) is 17.7. The first-order chi connectivity index (χ1) is 40.1. The van der Waals surface area contributed by atoms with E-state index in [9.17, 15) is 0 Å². The predicted octanol–water partition coefficient (Wildman–Crippen LogP) is 19.5. The van der Waals surface area contributed by atoms with E-state index >= 15 is 0 Å². The summed E-state index contributed by atoms with van der Waals surface area (Å²) in [7, 11) is 0. The van der Waals surface area contributed by atoms with Crippen LogP contribution in [0.15, 0.2) is 206 Å². The number of aryl methyl sites for hydroxylation is 2. The summed E-state index contributed by atoms with van der Waals surface area (Å²) in [5, 5.41) is 0. The first-order valence-electron chi connectivity index (χ1n) is 29.2. The molecule has 0 spiro atoms. The number of pyridine rings is 1. The summed E-state index contributed by atoms with van der Waals surface area (Å²) >= 11 is 0. The molecule has 0 atom stereocenters. The number of nitrogens with zero attached hydrogens (tertiary/aromatic N) is 7. The minimum atomic E-state index is 0. The van der Waals surface area contributed by atoms with E-state index in [2.05, 4.69) is 201 Å². The summed E-state index contributed by atoms with van der Waals surface area (Å²) in [6, 6.07) is 74.1. The van der Waals surface area contributed by atoms with Crippen LogP contribution in [-0.4, -0.2) is 34.9 Å². The molecule has 0 bridgehead atoms. The van der Waals surface area contributed by atoms with Crippen LogP contribution in [0.1, 0.15) is 102 Å². The van der Waals surface area contributed by atoms with Crippen LogP contribution >= 0.6 is 0 Å². The van der Waals surface area contributed by atoms with Gasteiger partial charge in [0.2, 0.25) is 0 Å². The van der Waals surface area contributed by atoms with Gasteiger partial charge in [0.25, 0.3) is 0 Å². The second-order valence-electron chi connectivity index (χ2n) is 21.8. The Hall–Kier alpha value is -8.42. The minimum absolute atomic E-state index is 0. The SMILES string of the molecule is CCC(CC)(CC)c1ccc(-c2nc(-c3ccc(C(CC)(CC)CC)cc3)nc(-c3ccc(-c4[c-]cc(-c5ccccc5-c5cc(C)cc(C)c5)c(-c5ccc(-c6nc(-c7ccccc7)nc(-c7ccccc7)n6)cc5)c4)nc3)n2)cc1.[Ir]. The first-order valence-corrected chi connectivity index (χ1v) is 29.2. The average molecular weight is 1260 g/mol. The summed E-state index contributed by atoms with van der Waals surface area (Å²) in [6.07, 6.45) is 8.39. The van der Waals surface area contributed by atoms with E-state index in [0.29, 0.717) is 34.9 Å². The first kappa shape index (κ1) is 57.8. The quantitative estimate of drug-likeness (QED) is 0.0791. The molecule has 11 aromatic rings. The molecule has 1 radical (unpaired) electrons. The van der Waals surface area contributed by atoms with Crippen molar-refractivity contribution in [1.82, 2.24) is 34.9 Å². The van der Waals surface area contributed by atoms with Gasteiger partial charge >= 0.3 is 0 Å². The Morgan fingerprint density at radius 3 is 1.10 bits per heavy atom. The molecule has 0 fully saturated rings. The summed E-state index contributed by atoms with van der Waals surface area (Å²) in [4.78, 5) is 35.7. The summed E-state index contributed by atoms with van der Waals surface area (Å²) in [5.41, 5.74) is 19.1. The van der Waals surface area contributed by atoms with Gasteiger partial charge in [-0.05, 0) is 96.7 Å². The van der Waals surface area contributed by atoms with Crippen molar-refractivity contribution in [3.63, 3.8) is 0 Å². The molecule has 7 nitrogen and oxygen atoms in total. The topological polar surface area (TPSA) is 90.2 Å². The van der Waals surface area contributed by atoms with Gasteiger partial charge in [-0.15, -0.1) is 23.8 Å². The molecule has 0 amide bonds. The van der Waals surface area contributed by atoms with Crippen LogP contribution in [-0.2, 0) is 30.9 Å². The summed E-state index contributed by atoms with van der Waals surface area (Å²) in [6.45, 7) is 18.1. The largest absolute Gasteiger partial charge is 0.304 e. The molecule has 3 heterocycles. The maximum absolute atomic E-state index is 5.18. The van der Waals surface area contributed by atoms with E-state index in [-0.39, 0.29) is 30.9 Å². The Labute approximate surface area is 504 Å². The number of rotatable bonds is 18. The Morgan fingerprint density at radius 1 is 0.325 bits per heavy atom. The van der Waals surface area contributed by atoms with Gasteiger partial charge in [-0.2, -0.15) is 0 Å². The van der Waals surface area contributed by atoms with Crippen LogP contribution in [0.25, 0.3) is 113 Å². The summed E-state index contributed by atoms with van der Waals surface area (Å²) < 4.78 is 0. The fraction of sp³-hybridized carbons (Fsp3) is 0.213. The van der Waals surface area contributed by atoms with Gasteiger partial charge in [-0.1, -0.05) is 257 Å². The number of hydrogen-bond acceptors (Lipinski definition) is 7. The third-order valence-corrected chi connectivity index (χ3v) is 17.4. The molecule has 0 saturated carbocycles. The maximum Gasteiger partial charge on any atom is 0.165 e. The molecule has 0 aliphatic heterocycles. The van der Waals surface area contributed by atoms with Crippen molar-refractivity contribution in [2.75, 3.05) is 0 Å². The maximum atomic E-state index is 5.18. The van der Waals surface area contributed by atoms with Gasteiger partial charge < -0.3 is 4.98 Å².